The molecule has 25 heavy (non-hydrogen) atoms. The highest BCUT2D eigenvalue weighted by atomic mass is 16.5. The molecule has 1 N–H and O–H groups in total. The third-order valence-corrected chi connectivity index (χ3v) is 4.59. The molecule has 0 radical (unpaired) electrons. The quantitative estimate of drug-likeness (QED) is 0.847. The summed E-state index contributed by atoms with van der Waals surface area (Å²) in [5, 5.41) is 10.2. The van der Waals surface area contributed by atoms with Crippen molar-refractivity contribution in [2.45, 2.75) is 26.3 Å². The molecule has 1 aromatic carbocycles. The fourth-order valence-corrected chi connectivity index (χ4v) is 3.32. The molecule has 1 saturated heterocycles. The number of esters is 1. The number of pyridine rings is 1. The lowest BCUT2D eigenvalue weighted by molar-refractivity contribution is -0.150. The van der Waals surface area contributed by atoms with E-state index in [2.05, 4.69) is 9.88 Å². The number of rotatable bonds is 5. The van der Waals surface area contributed by atoms with Crippen molar-refractivity contribution >= 4 is 5.97 Å². The molecule has 1 aliphatic rings. The van der Waals surface area contributed by atoms with Gasteiger partial charge in [-0.2, -0.15) is 0 Å². The predicted octanol–water partition coefficient (Wildman–Crippen LogP) is 3.23. The highest BCUT2D eigenvalue weighted by molar-refractivity contribution is 5.72. The van der Waals surface area contributed by atoms with Gasteiger partial charge in [0.1, 0.15) is 5.75 Å². The van der Waals surface area contributed by atoms with Crippen LogP contribution in [0.3, 0.4) is 0 Å². The molecule has 2 aromatic rings. The smallest absolute Gasteiger partial charge is 0.310 e. The maximum Gasteiger partial charge on any atom is 0.310 e. The third kappa shape index (κ3) is 4.37. The van der Waals surface area contributed by atoms with Crippen LogP contribution in [-0.4, -0.2) is 40.7 Å². The van der Waals surface area contributed by atoms with Gasteiger partial charge >= 0.3 is 5.97 Å². The van der Waals surface area contributed by atoms with Crippen LogP contribution in [-0.2, 0) is 16.1 Å². The van der Waals surface area contributed by atoms with Crippen molar-refractivity contribution in [2.75, 3.05) is 19.7 Å². The van der Waals surface area contributed by atoms with E-state index < -0.39 is 0 Å². The first-order valence-corrected chi connectivity index (χ1v) is 8.78. The average Bonchev–Trinajstić information content (AvgIpc) is 2.65. The fourth-order valence-electron chi connectivity index (χ4n) is 3.32. The summed E-state index contributed by atoms with van der Waals surface area (Å²) in [7, 11) is 0. The van der Waals surface area contributed by atoms with E-state index in [1.54, 1.807) is 12.3 Å². The van der Waals surface area contributed by atoms with Gasteiger partial charge < -0.3 is 9.84 Å². The molecule has 0 unspecified atom stereocenters. The lowest BCUT2D eigenvalue weighted by Crippen LogP contribution is -2.38. The van der Waals surface area contributed by atoms with Crippen molar-refractivity contribution < 1.29 is 14.6 Å². The van der Waals surface area contributed by atoms with Crippen molar-refractivity contribution in [3.8, 4) is 16.9 Å². The lowest BCUT2D eigenvalue weighted by Gasteiger charge is -2.31. The van der Waals surface area contributed by atoms with E-state index in [4.69, 9.17) is 4.74 Å². The predicted molar refractivity (Wildman–Crippen MR) is 96.0 cm³/mol. The summed E-state index contributed by atoms with van der Waals surface area (Å²) in [6, 6.07) is 9.52. The van der Waals surface area contributed by atoms with E-state index in [0.717, 1.165) is 36.1 Å². The minimum Gasteiger partial charge on any atom is -0.508 e. The summed E-state index contributed by atoms with van der Waals surface area (Å²) in [4.78, 5) is 18.4. The Morgan fingerprint density at radius 2 is 2.24 bits per heavy atom. The number of phenolic OH excluding ortho intramolecular Hbond substituents is 1. The molecule has 3 rings (SSSR count). The molecular formula is C20H24N2O3. The first-order chi connectivity index (χ1) is 12.2. The second-order valence-electron chi connectivity index (χ2n) is 6.41. The monoisotopic (exact) mass is 340 g/mol. The summed E-state index contributed by atoms with van der Waals surface area (Å²) in [6.07, 6.45) is 5.39. The third-order valence-electron chi connectivity index (χ3n) is 4.59. The molecule has 132 valence electrons. The zero-order chi connectivity index (χ0) is 17.6. The van der Waals surface area contributed by atoms with Crippen LogP contribution < -0.4 is 0 Å². The number of carbonyl (C=O) groups excluding carboxylic acids is 1. The maximum absolute atomic E-state index is 12.0. The average molecular weight is 340 g/mol. The molecule has 1 aliphatic heterocycles. The van der Waals surface area contributed by atoms with Gasteiger partial charge in [-0.3, -0.25) is 14.7 Å². The number of aromatic nitrogens is 1. The van der Waals surface area contributed by atoms with Crippen LogP contribution in [0.15, 0.2) is 42.7 Å². The number of likely N-dealkylation sites (tertiary alicyclic amines) is 1. The molecule has 0 bridgehead atoms. The molecule has 0 amide bonds. The van der Waals surface area contributed by atoms with Crippen LogP contribution in [0.2, 0.25) is 0 Å². The van der Waals surface area contributed by atoms with E-state index in [-0.39, 0.29) is 17.6 Å². The molecule has 2 heterocycles. The van der Waals surface area contributed by atoms with Crippen molar-refractivity contribution in [1.29, 1.82) is 0 Å². The van der Waals surface area contributed by atoms with Crippen molar-refractivity contribution in [3.05, 3.63) is 48.3 Å². The van der Waals surface area contributed by atoms with E-state index in [1.807, 2.05) is 37.4 Å². The van der Waals surface area contributed by atoms with Gasteiger partial charge in [-0.15, -0.1) is 0 Å². The van der Waals surface area contributed by atoms with Gasteiger partial charge in [0, 0.05) is 36.6 Å². The van der Waals surface area contributed by atoms with Crippen LogP contribution in [0, 0.1) is 5.92 Å². The van der Waals surface area contributed by atoms with Crippen LogP contribution >= 0.6 is 0 Å². The minimum absolute atomic E-state index is 0.0719. The minimum atomic E-state index is -0.111. The Balaban J connectivity index is 1.73. The zero-order valence-corrected chi connectivity index (χ0v) is 14.5. The maximum atomic E-state index is 12.0. The molecule has 5 nitrogen and oxygen atoms in total. The Kier molecular flexibility index (Phi) is 5.66. The van der Waals surface area contributed by atoms with E-state index in [9.17, 15) is 9.90 Å². The summed E-state index contributed by atoms with van der Waals surface area (Å²) < 4.78 is 5.16. The molecule has 0 saturated carbocycles. The van der Waals surface area contributed by atoms with Gasteiger partial charge in [0.25, 0.3) is 0 Å². The summed E-state index contributed by atoms with van der Waals surface area (Å²) in [5.74, 6) is 0.101. The van der Waals surface area contributed by atoms with Crippen LogP contribution in [0.25, 0.3) is 11.1 Å². The standard InChI is InChI=1S/C20H24N2O3/c1-2-25-20(24)17-6-4-10-22(13-17)14-18-11-15(7-8-19(18)23)16-5-3-9-21-12-16/h3,5,7-9,11-12,17,23H,2,4,6,10,13-14H2,1H3/t17-/m1/s1. The van der Waals surface area contributed by atoms with Gasteiger partial charge in [0.15, 0.2) is 0 Å². The van der Waals surface area contributed by atoms with Gasteiger partial charge in [0.05, 0.1) is 12.5 Å². The number of benzene rings is 1. The lowest BCUT2D eigenvalue weighted by atomic mass is 9.97. The molecule has 1 fully saturated rings. The van der Waals surface area contributed by atoms with Crippen molar-refractivity contribution in [1.82, 2.24) is 9.88 Å². The molecule has 1 atom stereocenters. The Morgan fingerprint density at radius 1 is 1.36 bits per heavy atom. The first-order valence-electron chi connectivity index (χ1n) is 8.78. The van der Waals surface area contributed by atoms with Crippen LogP contribution in [0.4, 0.5) is 0 Å². The van der Waals surface area contributed by atoms with Crippen molar-refractivity contribution in [2.24, 2.45) is 5.92 Å². The second-order valence-corrected chi connectivity index (χ2v) is 6.41. The topological polar surface area (TPSA) is 62.7 Å². The molecule has 0 aliphatic carbocycles. The second kappa shape index (κ2) is 8.12. The zero-order valence-electron chi connectivity index (χ0n) is 14.5. The summed E-state index contributed by atoms with van der Waals surface area (Å²) in [6.45, 7) is 4.47. The SMILES string of the molecule is CCOC(=O)[C@@H]1CCCN(Cc2cc(-c3cccnc3)ccc2O)C1. The normalized spacial score (nSPS) is 18.0. The number of piperidine rings is 1. The number of ether oxygens (including phenoxy) is 1. The highest BCUT2D eigenvalue weighted by Gasteiger charge is 2.27. The van der Waals surface area contributed by atoms with E-state index in [1.165, 1.54) is 0 Å². The summed E-state index contributed by atoms with van der Waals surface area (Å²) >= 11 is 0. The number of nitrogens with zero attached hydrogens (tertiary/aromatic N) is 2. The van der Waals surface area contributed by atoms with Crippen molar-refractivity contribution in [3.63, 3.8) is 0 Å². The fraction of sp³-hybridized carbons (Fsp3) is 0.400. The van der Waals surface area contributed by atoms with E-state index in [0.29, 0.717) is 19.7 Å². The number of aromatic hydroxyl groups is 1. The molecule has 1 aromatic heterocycles. The molecule has 5 heteroatoms. The summed E-state index contributed by atoms with van der Waals surface area (Å²) in [5.41, 5.74) is 2.91. The van der Waals surface area contributed by atoms with Gasteiger partial charge in [0.2, 0.25) is 0 Å². The molecule has 0 spiro atoms. The van der Waals surface area contributed by atoms with E-state index >= 15 is 0 Å². The van der Waals surface area contributed by atoms with Gasteiger partial charge in [-0.05, 0) is 50.1 Å². The Hall–Kier alpha value is -2.40. The number of hydrogen-bond acceptors (Lipinski definition) is 5. The van der Waals surface area contributed by atoms with Crippen LogP contribution in [0.1, 0.15) is 25.3 Å². The highest BCUT2D eigenvalue weighted by Crippen LogP contribution is 2.28. The van der Waals surface area contributed by atoms with Gasteiger partial charge in [-0.25, -0.2) is 0 Å². The largest absolute Gasteiger partial charge is 0.508 e. The Morgan fingerprint density at radius 3 is 3.00 bits per heavy atom. The van der Waals surface area contributed by atoms with Gasteiger partial charge in [-0.1, -0.05) is 12.1 Å². The number of phenols is 1. The Bertz CT molecular complexity index is 718. The number of carbonyl (C=O) groups is 1. The first kappa shape index (κ1) is 17.4. The Labute approximate surface area is 148 Å². The number of hydrogen-bond donors (Lipinski definition) is 1. The molecular weight excluding hydrogens is 316 g/mol. The van der Waals surface area contributed by atoms with Crippen LogP contribution in [0.5, 0.6) is 5.75 Å².